The lowest BCUT2D eigenvalue weighted by Crippen LogP contribution is -2.65. The number of rotatable bonds is 51. The van der Waals surface area contributed by atoms with E-state index in [0.717, 1.165) is 38.5 Å². The molecule has 0 spiro atoms. The van der Waals surface area contributed by atoms with Gasteiger partial charge in [-0.2, -0.15) is 0 Å². The van der Waals surface area contributed by atoms with Gasteiger partial charge in [-0.25, -0.2) is 0 Å². The Bertz CT molecular complexity index is 1310. The van der Waals surface area contributed by atoms with Gasteiger partial charge < -0.3 is 65.1 Å². The highest BCUT2D eigenvalue weighted by molar-refractivity contribution is 5.76. The van der Waals surface area contributed by atoms with Gasteiger partial charge in [0.15, 0.2) is 12.6 Å². The van der Waals surface area contributed by atoms with Crippen LogP contribution < -0.4 is 5.32 Å². The van der Waals surface area contributed by atoms with Gasteiger partial charge in [-0.05, 0) is 19.3 Å². The first-order valence-corrected chi connectivity index (χ1v) is 31.4. The minimum atomic E-state index is -1.78. The largest absolute Gasteiger partial charge is 0.394 e. The Morgan fingerprint density at radius 1 is 0.467 bits per heavy atom. The number of allylic oxidation sites excluding steroid dienone is 1. The second-order valence-corrected chi connectivity index (χ2v) is 22.6. The second-order valence-electron chi connectivity index (χ2n) is 22.6. The topological polar surface area (TPSA) is 228 Å². The van der Waals surface area contributed by atoms with Gasteiger partial charge in [0.2, 0.25) is 5.91 Å². The van der Waals surface area contributed by atoms with E-state index in [9.17, 15) is 45.6 Å². The van der Waals surface area contributed by atoms with Gasteiger partial charge in [-0.3, -0.25) is 4.79 Å². The first kappa shape index (κ1) is 69.8. The summed E-state index contributed by atoms with van der Waals surface area (Å²) in [5, 5.41) is 87.0. The lowest BCUT2D eigenvalue weighted by molar-refractivity contribution is -0.359. The summed E-state index contributed by atoms with van der Waals surface area (Å²) in [5.74, 6) is -0.237. The number of carbonyl (C=O) groups excluding carboxylic acids is 1. The Morgan fingerprint density at radius 2 is 0.827 bits per heavy atom. The second kappa shape index (κ2) is 47.5. The number of amides is 1. The zero-order valence-electron chi connectivity index (χ0n) is 47.8. The van der Waals surface area contributed by atoms with Crippen LogP contribution in [0.3, 0.4) is 0 Å². The predicted molar refractivity (Wildman–Crippen MR) is 300 cm³/mol. The molecular weight excluding hydrogens is 955 g/mol. The van der Waals surface area contributed by atoms with Crippen molar-refractivity contribution < 1.29 is 64.6 Å². The lowest BCUT2D eigenvalue weighted by atomic mass is 9.97. The number of aliphatic hydroxyl groups is 8. The minimum Gasteiger partial charge on any atom is -0.394 e. The van der Waals surface area contributed by atoms with Crippen LogP contribution in [0.1, 0.15) is 277 Å². The summed E-state index contributed by atoms with van der Waals surface area (Å²) in [6.07, 6.45) is 38.5. The summed E-state index contributed by atoms with van der Waals surface area (Å²) in [7, 11) is 0. The van der Waals surface area contributed by atoms with Crippen molar-refractivity contribution in [1.82, 2.24) is 5.32 Å². The fourth-order valence-electron chi connectivity index (χ4n) is 10.6. The van der Waals surface area contributed by atoms with Crippen molar-refractivity contribution in [2.45, 2.75) is 351 Å². The third-order valence-corrected chi connectivity index (χ3v) is 15.7. The number of hydrogen-bond donors (Lipinski definition) is 9. The SMILES string of the molecule is CCCCCCCCCCCCCCCCCCCCCCCCCCCCCC/C=C/C(O)C(COC1OC(CO)C(OC2OC(CO)C(O)C(O)C2O)C(O)C1O)NC(=O)CCCCCCCCCCCCC. The summed E-state index contributed by atoms with van der Waals surface area (Å²) in [6, 6.07) is -0.909. The average Bonchev–Trinajstić information content (AvgIpc) is 3.41. The third kappa shape index (κ3) is 33.2. The molecule has 2 rings (SSSR count). The maximum absolute atomic E-state index is 13.2. The van der Waals surface area contributed by atoms with Crippen molar-refractivity contribution in [2.75, 3.05) is 19.8 Å². The molecule has 444 valence electrons. The van der Waals surface area contributed by atoms with Crippen molar-refractivity contribution in [1.29, 1.82) is 0 Å². The summed E-state index contributed by atoms with van der Waals surface area (Å²) >= 11 is 0. The Kier molecular flexibility index (Phi) is 44.3. The molecule has 12 unspecified atom stereocenters. The zero-order chi connectivity index (χ0) is 54.6. The molecule has 0 radical (unpaired) electrons. The van der Waals surface area contributed by atoms with E-state index in [0.29, 0.717) is 6.42 Å². The Morgan fingerprint density at radius 3 is 1.23 bits per heavy atom. The summed E-state index contributed by atoms with van der Waals surface area (Å²) in [6.45, 7) is 2.81. The molecule has 1 amide bonds. The van der Waals surface area contributed by atoms with Crippen molar-refractivity contribution >= 4 is 5.91 Å². The number of hydrogen-bond acceptors (Lipinski definition) is 13. The van der Waals surface area contributed by atoms with E-state index < -0.39 is 86.8 Å². The molecule has 0 aliphatic carbocycles. The van der Waals surface area contributed by atoms with Crippen molar-refractivity contribution in [3.63, 3.8) is 0 Å². The molecule has 0 aromatic rings. The van der Waals surface area contributed by atoms with E-state index in [1.165, 1.54) is 212 Å². The van der Waals surface area contributed by atoms with Gasteiger partial charge in [0, 0.05) is 6.42 Å². The molecule has 14 heteroatoms. The van der Waals surface area contributed by atoms with Crippen LogP contribution >= 0.6 is 0 Å². The molecule has 2 heterocycles. The van der Waals surface area contributed by atoms with Gasteiger partial charge in [-0.1, -0.05) is 264 Å². The molecule has 2 aliphatic rings. The molecule has 0 aromatic heterocycles. The Labute approximate surface area is 456 Å². The monoisotopic (exact) mass is 1070 g/mol. The molecule has 0 bridgehead atoms. The molecule has 2 fully saturated rings. The molecule has 14 nitrogen and oxygen atoms in total. The molecule has 0 aromatic carbocycles. The molecule has 2 saturated heterocycles. The van der Waals surface area contributed by atoms with E-state index in [1.807, 2.05) is 6.08 Å². The molecule has 12 atom stereocenters. The van der Waals surface area contributed by atoms with Crippen LogP contribution in [0.2, 0.25) is 0 Å². The van der Waals surface area contributed by atoms with Crippen LogP contribution in [0.25, 0.3) is 0 Å². The van der Waals surface area contributed by atoms with E-state index >= 15 is 0 Å². The van der Waals surface area contributed by atoms with Gasteiger partial charge in [0.1, 0.15) is 48.8 Å². The summed E-state index contributed by atoms with van der Waals surface area (Å²) in [4.78, 5) is 13.2. The number of aliphatic hydroxyl groups excluding tert-OH is 8. The standard InChI is InChI=1S/C61H117NO13/c1-3-5-7-9-11-13-15-16-17-18-19-20-21-22-23-24-25-26-27-28-29-30-31-32-33-35-36-38-40-42-44-50(65)49(62-53(66)45-43-41-39-37-34-14-12-10-8-6-4-2)48-72-60-58(71)56(69)59(52(47-64)74-60)75-61-57(70)55(68)54(67)51(46-63)73-61/h42,44,49-52,54-61,63-65,67-71H,3-41,43,45-48H2,1-2H3,(H,62,66)/b44-42+. The molecular formula is C61H117NO13. The van der Waals surface area contributed by atoms with Crippen molar-refractivity contribution in [2.24, 2.45) is 0 Å². The van der Waals surface area contributed by atoms with Gasteiger partial charge in [0.25, 0.3) is 0 Å². The first-order chi connectivity index (χ1) is 36.6. The fraction of sp³-hybridized carbons (Fsp3) is 0.951. The molecule has 2 aliphatic heterocycles. The number of unbranched alkanes of at least 4 members (excludes halogenated alkanes) is 38. The van der Waals surface area contributed by atoms with E-state index in [4.69, 9.17) is 18.9 Å². The van der Waals surface area contributed by atoms with Crippen LogP contribution in [-0.4, -0.2) is 140 Å². The summed E-state index contributed by atoms with van der Waals surface area (Å²) < 4.78 is 22.8. The lowest BCUT2D eigenvalue weighted by Gasteiger charge is -2.46. The first-order valence-electron chi connectivity index (χ1n) is 31.4. The zero-order valence-corrected chi connectivity index (χ0v) is 47.8. The highest BCUT2D eigenvalue weighted by Gasteiger charge is 2.51. The van der Waals surface area contributed by atoms with E-state index in [2.05, 4.69) is 19.2 Å². The van der Waals surface area contributed by atoms with Gasteiger partial charge >= 0.3 is 0 Å². The van der Waals surface area contributed by atoms with Crippen LogP contribution in [0.4, 0.5) is 0 Å². The maximum Gasteiger partial charge on any atom is 0.220 e. The van der Waals surface area contributed by atoms with Crippen LogP contribution in [0, 0.1) is 0 Å². The van der Waals surface area contributed by atoms with E-state index in [1.54, 1.807) is 6.08 Å². The van der Waals surface area contributed by atoms with Crippen LogP contribution in [-0.2, 0) is 23.7 Å². The van der Waals surface area contributed by atoms with Crippen molar-refractivity contribution in [3.8, 4) is 0 Å². The smallest absolute Gasteiger partial charge is 0.220 e. The quantitative estimate of drug-likeness (QED) is 0.0204. The highest BCUT2D eigenvalue weighted by atomic mass is 16.7. The number of ether oxygens (including phenoxy) is 4. The Hall–Kier alpha value is -1.27. The average molecular weight is 1070 g/mol. The molecule has 75 heavy (non-hydrogen) atoms. The number of nitrogens with one attached hydrogen (secondary N) is 1. The van der Waals surface area contributed by atoms with Crippen LogP contribution in [0.15, 0.2) is 12.2 Å². The Balaban J connectivity index is 1.66. The third-order valence-electron chi connectivity index (χ3n) is 15.7. The predicted octanol–water partition coefficient (Wildman–Crippen LogP) is 11.1. The highest BCUT2D eigenvalue weighted by Crippen LogP contribution is 2.30. The number of carbonyl (C=O) groups is 1. The normalized spacial score (nSPS) is 25.0. The van der Waals surface area contributed by atoms with Gasteiger partial charge in [-0.15, -0.1) is 0 Å². The van der Waals surface area contributed by atoms with E-state index in [-0.39, 0.29) is 18.9 Å². The molecule has 9 N–H and O–H groups in total. The molecule has 0 saturated carbocycles. The fourth-order valence-corrected chi connectivity index (χ4v) is 10.6. The maximum atomic E-state index is 13.2. The minimum absolute atomic E-state index is 0.237. The van der Waals surface area contributed by atoms with Crippen molar-refractivity contribution in [3.05, 3.63) is 12.2 Å². The van der Waals surface area contributed by atoms with Crippen LogP contribution in [0.5, 0.6) is 0 Å². The van der Waals surface area contributed by atoms with Gasteiger partial charge in [0.05, 0.1) is 32.0 Å². The summed E-state index contributed by atoms with van der Waals surface area (Å²) in [5.41, 5.74) is 0.